The van der Waals surface area contributed by atoms with Gasteiger partial charge in [0.25, 0.3) is 0 Å². The summed E-state index contributed by atoms with van der Waals surface area (Å²) in [6, 6.07) is 0. The van der Waals surface area contributed by atoms with Crippen LogP contribution in [-0.4, -0.2) is 32.7 Å². The molecule has 0 fully saturated rings. The van der Waals surface area contributed by atoms with E-state index in [1.807, 2.05) is 13.1 Å². The van der Waals surface area contributed by atoms with Crippen molar-refractivity contribution in [1.82, 2.24) is 0 Å². The van der Waals surface area contributed by atoms with Gasteiger partial charge in [-0.15, -0.1) is 0 Å². The molecule has 0 amide bonds. The summed E-state index contributed by atoms with van der Waals surface area (Å²) < 4.78 is 10.1. The molecule has 0 aliphatic carbocycles. The molecular weight excluding hydrogens is 136 g/mol. The van der Waals surface area contributed by atoms with Crippen molar-refractivity contribution in [3.05, 3.63) is 0 Å². The molecule has 0 aromatic carbocycles. The highest BCUT2D eigenvalue weighted by Crippen LogP contribution is 1.72. The van der Waals surface area contributed by atoms with Crippen LogP contribution in [0.25, 0.3) is 0 Å². The lowest BCUT2D eigenvalue weighted by Gasteiger charge is -1.98. The molecule has 0 saturated carbocycles. The minimum atomic E-state index is 0.592. The quantitative estimate of drug-likeness (QED) is 0.412. The Kier molecular flexibility index (Phi) is 7.68. The Labute approximate surface area is 55.5 Å². The Hall–Kier alpha value is 0.354. The first-order valence-corrected chi connectivity index (χ1v) is 5.30. The molecule has 0 atom stereocenters. The molecule has 0 spiro atoms. The molecule has 0 aromatic rings. The second kappa shape index (κ2) is 7.35. The van der Waals surface area contributed by atoms with Gasteiger partial charge < -0.3 is 8.85 Å². The molecule has 0 rings (SSSR count). The summed E-state index contributed by atoms with van der Waals surface area (Å²) in [4.78, 5) is 0. The predicted molar refractivity (Wildman–Crippen MR) is 35.1 cm³/mol. The van der Waals surface area contributed by atoms with Gasteiger partial charge in [-0.2, -0.15) is 0 Å². The van der Waals surface area contributed by atoms with Crippen molar-refractivity contribution in [1.29, 1.82) is 0 Å². The monoisotopic (exact) mass is 146 g/mol. The van der Waals surface area contributed by atoms with Gasteiger partial charge in [0.2, 0.25) is 19.5 Å². The molecular formula is C4H10O2Si2. The molecule has 0 unspecified atom stereocenters. The molecule has 4 radical (unpaired) electrons. The highest BCUT2D eigenvalue weighted by Gasteiger charge is 1.83. The number of hydrogen-bond donors (Lipinski definition) is 0. The molecule has 2 nitrogen and oxygen atoms in total. The first kappa shape index (κ1) is 8.35. The van der Waals surface area contributed by atoms with E-state index >= 15 is 0 Å². The van der Waals surface area contributed by atoms with Crippen molar-refractivity contribution in [3.8, 4) is 0 Å². The maximum absolute atomic E-state index is 5.04. The normalized spacial score (nSPS) is 9.75. The predicted octanol–water partition coefficient (Wildman–Crippen LogP) is 0.354. The second-order valence-corrected chi connectivity index (χ2v) is 2.50. The molecule has 0 bridgehead atoms. The van der Waals surface area contributed by atoms with E-state index in [-0.39, 0.29) is 0 Å². The van der Waals surface area contributed by atoms with E-state index in [1.165, 1.54) is 0 Å². The summed E-state index contributed by atoms with van der Waals surface area (Å²) in [7, 11) is 1.18. The average Bonchev–Trinajstić information content (AvgIpc) is 1.81. The minimum Gasteiger partial charge on any atom is -0.415 e. The second-order valence-electron chi connectivity index (χ2n) is 1.11. The van der Waals surface area contributed by atoms with Crippen LogP contribution in [0, 0.1) is 0 Å². The maximum Gasteiger partial charge on any atom is 0.226 e. The van der Waals surface area contributed by atoms with Crippen LogP contribution in [0.2, 0.25) is 13.1 Å². The van der Waals surface area contributed by atoms with Crippen LogP contribution >= 0.6 is 0 Å². The van der Waals surface area contributed by atoms with E-state index in [0.717, 1.165) is 13.2 Å². The van der Waals surface area contributed by atoms with Crippen molar-refractivity contribution in [3.63, 3.8) is 0 Å². The lowest BCUT2D eigenvalue weighted by molar-refractivity contribution is 0.233. The van der Waals surface area contributed by atoms with Crippen LogP contribution in [-0.2, 0) is 8.85 Å². The van der Waals surface area contributed by atoms with Crippen molar-refractivity contribution in [2.45, 2.75) is 13.1 Å². The summed E-state index contributed by atoms with van der Waals surface area (Å²) >= 11 is 0. The van der Waals surface area contributed by atoms with Crippen LogP contribution in [0.4, 0.5) is 0 Å². The largest absolute Gasteiger partial charge is 0.415 e. The number of rotatable bonds is 5. The van der Waals surface area contributed by atoms with Gasteiger partial charge in [-0.1, -0.05) is 0 Å². The molecule has 4 heteroatoms. The molecule has 0 aromatic heterocycles. The highest BCUT2D eigenvalue weighted by molar-refractivity contribution is 6.25. The number of hydrogen-bond acceptors (Lipinski definition) is 2. The van der Waals surface area contributed by atoms with Crippen LogP contribution in [0.1, 0.15) is 0 Å². The smallest absolute Gasteiger partial charge is 0.226 e. The fourth-order valence-corrected chi connectivity index (χ4v) is 0.862. The Morgan fingerprint density at radius 1 is 1.00 bits per heavy atom. The topological polar surface area (TPSA) is 18.5 Å². The zero-order valence-electron chi connectivity index (χ0n) is 5.23. The van der Waals surface area contributed by atoms with Gasteiger partial charge >= 0.3 is 0 Å². The van der Waals surface area contributed by atoms with Crippen LogP contribution in [0.15, 0.2) is 0 Å². The van der Waals surface area contributed by atoms with E-state index in [2.05, 4.69) is 0 Å². The average molecular weight is 146 g/mol. The summed E-state index contributed by atoms with van der Waals surface area (Å²) in [6.45, 7) is 5.51. The van der Waals surface area contributed by atoms with Crippen molar-refractivity contribution in [2.75, 3.05) is 13.2 Å². The molecule has 8 heavy (non-hydrogen) atoms. The van der Waals surface area contributed by atoms with E-state index in [4.69, 9.17) is 8.85 Å². The van der Waals surface area contributed by atoms with E-state index in [1.54, 1.807) is 0 Å². The summed E-state index contributed by atoms with van der Waals surface area (Å²) in [5.41, 5.74) is 0. The zero-order chi connectivity index (χ0) is 6.24. The summed E-state index contributed by atoms with van der Waals surface area (Å²) in [5.74, 6) is 0. The lowest BCUT2D eigenvalue weighted by Crippen LogP contribution is -2.05. The third-order valence-electron chi connectivity index (χ3n) is 0.576. The third kappa shape index (κ3) is 6.35. The Morgan fingerprint density at radius 2 is 1.38 bits per heavy atom. The van der Waals surface area contributed by atoms with Gasteiger partial charge in [-0.3, -0.25) is 0 Å². The van der Waals surface area contributed by atoms with Crippen molar-refractivity contribution >= 4 is 19.5 Å². The van der Waals surface area contributed by atoms with Crippen LogP contribution < -0.4 is 0 Å². The molecule has 0 saturated heterocycles. The van der Waals surface area contributed by atoms with Crippen LogP contribution in [0.5, 0.6) is 0 Å². The van der Waals surface area contributed by atoms with E-state index in [0.29, 0.717) is 19.5 Å². The molecule has 0 aliphatic rings. The van der Waals surface area contributed by atoms with Gasteiger partial charge in [0, 0.05) is 0 Å². The van der Waals surface area contributed by atoms with Crippen molar-refractivity contribution in [2.24, 2.45) is 0 Å². The van der Waals surface area contributed by atoms with Crippen LogP contribution in [0.3, 0.4) is 0 Å². The molecule has 0 heterocycles. The van der Waals surface area contributed by atoms with E-state index in [9.17, 15) is 0 Å². The lowest BCUT2D eigenvalue weighted by atomic mass is 10.8. The standard InChI is InChI=1S/C4H10O2Si2/c1-7-5-3-4-6-8-2/h3-4H2,1-2H3. The third-order valence-corrected chi connectivity index (χ3v) is 1.56. The zero-order valence-corrected chi connectivity index (χ0v) is 7.23. The van der Waals surface area contributed by atoms with Gasteiger partial charge in [0.1, 0.15) is 0 Å². The Bertz CT molecular complexity index is 37.0. The highest BCUT2D eigenvalue weighted by atomic mass is 28.2. The van der Waals surface area contributed by atoms with Gasteiger partial charge in [-0.05, 0) is 13.1 Å². The Morgan fingerprint density at radius 3 is 1.62 bits per heavy atom. The fraction of sp³-hybridized carbons (Fsp3) is 1.00. The maximum atomic E-state index is 5.04. The fourth-order valence-electron chi connectivity index (χ4n) is 0.287. The molecule has 0 N–H and O–H groups in total. The van der Waals surface area contributed by atoms with Gasteiger partial charge in [0.05, 0.1) is 13.2 Å². The molecule has 46 valence electrons. The minimum absolute atomic E-state index is 0.592. The molecule has 0 aliphatic heterocycles. The Balaban J connectivity index is 2.53. The van der Waals surface area contributed by atoms with Gasteiger partial charge in [0.15, 0.2) is 0 Å². The van der Waals surface area contributed by atoms with E-state index < -0.39 is 0 Å². The summed E-state index contributed by atoms with van der Waals surface area (Å²) in [6.07, 6.45) is 0. The first-order valence-electron chi connectivity index (χ1n) is 2.49. The summed E-state index contributed by atoms with van der Waals surface area (Å²) in [5, 5.41) is 0. The first-order chi connectivity index (χ1) is 3.91. The van der Waals surface area contributed by atoms with Crippen molar-refractivity contribution < 1.29 is 8.85 Å². The van der Waals surface area contributed by atoms with Gasteiger partial charge in [-0.25, -0.2) is 0 Å². The SMILES string of the molecule is C[Si]OCCO[Si]C.